The Morgan fingerprint density at radius 2 is 2.06 bits per heavy atom. The fourth-order valence-corrected chi connectivity index (χ4v) is 2.46. The summed E-state index contributed by atoms with van der Waals surface area (Å²) in [5.74, 6) is 0. The number of nitrogens with two attached hydrogens (primary N) is 1. The SMILES string of the molecule is CCCC(N)C(CO)N(C)C1CCOCC1. The molecular formula is C12H26N2O2. The van der Waals surface area contributed by atoms with Gasteiger partial charge in [-0.3, -0.25) is 4.90 Å². The van der Waals surface area contributed by atoms with Crippen LogP contribution < -0.4 is 5.73 Å². The summed E-state index contributed by atoms with van der Waals surface area (Å²) in [4.78, 5) is 2.25. The Morgan fingerprint density at radius 1 is 1.44 bits per heavy atom. The zero-order valence-corrected chi connectivity index (χ0v) is 10.6. The van der Waals surface area contributed by atoms with Crippen molar-refractivity contribution in [2.24, 2.45) is 5.73 Å². The first kappa shape index (κ1) is 13.9. The van der Waals surface area contributed by atoms with Crippen LogP contribution in [0.5, 0.6) is 0 Å². The molecule has 0 aliphatic carbocycles. The molecule has 0 aromatic heterocycles. The average Bonchev–Trinajstić information content (AvgIpc) is 2.31. The van der Waals surface area contributed by atoms with Gasteiger partial charge in [0.2, 0.25) is 0 Å². The van der Waals surface area contributed by atoms with E-state index >= 15 is 0 Å². The van der Waals surface area contributed by atoms with Crippen molar-refractivity contribution in [3.8, 4) is 0 Å². The molecule has 0 amide bonds. The third kappa shape index (κ3) is 3.70. The molecule has 2 unspecified atom stereocenters. The highest BCUT2D eigenvalue weighted by Crippen LogP contribution is 2.17. The van der Waals surface area contributed by atoms with Crippen molar-refractivity contribution in [3.63, 3.8) is 0 Å². The van der Waals surface area contributed by atoms with E-state index in [0.717, 1.165) is 38.9 Å². The van der Waals surface area contributed by atoms with Crippen molar-refractivity contribution in [1.82, 2.24) is 4.90 Å². The van der Waals surface area contributed by atoms with E-state index < -0.39 is 0 Å². The van der Waals surface area contributed by atoms with Gasteiger partial charge in [0.25, 0.3) is 0 Å². The van der Waals surface area contributed by atoms with Crippen molar-refractivity contribution in [3.05, 3.63) is 0 Å². The summed E-state index contributed by atoms with van der Waals surface area (Å²) in [6.45, 7) is 3.93. The largest absolute Gasteiger partial charge is 0.395 e. The zero-order valence-electron chi connectivity index (χ0n) is 10.6. The smallest absolute Gasteiger partial charge is 0.0601 e. The molecule has 3 N–H and O–H groups in total. The average molecular weight is 230 g/mol. The van der Waals surface area contributed by atoms with Gasteiger partial charge >= 0.3 is 0 Å². The van der Waals surface area contributed by atoms with Gasteiger partial charge in [0, 0.05) is 31.3 Å². The maximum absolute atomic E-state index is 9.47. The molecule has 1 aliphatic rings. The third-order valence-electron chi connectivity index (χ3n) is 3.59. The van der Waals surface area contributed by atoms with Gasteiger partial charge in [-0.1, -0.05) is 13.3 Å². The van der Waals surface area contributed by atoms with Crippen molar-refractivity contribution in [2.75, 3.05) is 26.9 Å². The Labute approximate surface area is 98.8 Å². The Bertz CT molecular complexity index is 184. The number of aliphatic hydroxyl groups is 1. The molecule has 16 heavy (non-hydrogen) atoms. The van der Waals surface area contributed by atoms with E-state index in [-0.39, 0.29) is 18.7 Å². The minimum absolute atomic E-state index is 0.0721. The molecule has 96 valence electrons. The van der Waals surface area contributed by atoms with Crippen LogP contribution >= 0.6 is 0 Å². The van der Waals surface area contributed by atoms with Crippen LogP contribution in [0, 0.1) is 0 Å². The fraction of sp³-hybridized carbons (Fsp3) is 1.00. The van der Waals surface area contributed by atoms with Gasteiger partial charge in [-0.25, -0.2) is 0 Å². The van der Waals surface area contributed by atoms with Gasteiger partial charge in [-0.05, 0) is 26.3 Å². The Hall–Kier alpha value is -0.160. The quantitative estimate of drug-likeness (QED) is 0.701. The van der Waals surface area contributed by atoms with Gasteiger partial charge in [0.15, 0.2) is 0 Å². The molecule has 1 heterocycles. The monoisotopic (exact) mass is 230 g/mol. The lowest BCUT2D eigenvalue weighted by Gasteiger charge is -2.38. The lowest BCUT2D eigenvalue weighted by atomic mass is 9.99. The Morgan fingerprint density at radius 3 is 2.56 bits per heavy atom. The summed E-state index contributed by atoms with van der Waals surface area (Å²) >= 11 is 0. The molecule has 1 fully saturated rings. The maximum Gasteiger partial charge on any atom is 0.0601 e. The molecule has 4 nitrogen and oxygen atoms in total. The van der Waals surface area contributed by atoms with Crippen LogP contribution in [-0.2, 0) is 4.74 Å². The van der Waals surface area contributed by atoms with Crippen LogP contribution in [-0.4, -0.2) is 55.0 Å². The summed E-state index contributed by atoms with van der Waals surface area (Å²) < 4.78 is 5.35. The Kier molecular flexibility index (Phi) is 6.28. The van der Waals surface area contributed by atoms with Crippen molar-refractivity contribution in [1.29, 1.82) is 0 Å². The van der Waals surface area contributed by atoms with Crippen LogP contribution in [0.3, 0.4) is 0 Å². The molecule has 0 aromatic rings. The molecular weight excluding hydrogens is 204 g/mol. The number of aliphatic hydroxyl groups excluding tert-OH is 1. The highest BCUT2D eigenvalue weighted by atomic mass is 16.5. The first-order valence-corrected chi connectivity index (χ1v) is 6.36. The van der Waals surface area contributed by atoms with E-state index in [1.807, 2.05) is 0 Å². The van der Waals surface area contributed by atoms with E-state index in [1.54, 1.807) is 0 Å². The minimum Gasteiger partial charge on any atom is -0.395 e. The third-order valence-corrected chi connectivity index (χ3v) is 3.59. The molecule has 1 saturated heterocycles. The molecule has 0 saturated carbocycles. The van der Waals surface area contributed by atoms with Crippen LogP contribution in [0.15, 0.2) is 0 Å². The van der Waals surface area contributed by atoms with Crippen molar-refractivity contribution < 1.29 is 9.84 Å². The maximum atomic E-state index is 9.47. The van der Waals surface area contributed by atoms with E-state index in [4.69, 9.17) is 10.5 Å². The summed E-state index contributed by atoms with van der Waals surface area (Å²) in [6.07, 6.45) is 4.13. The molecule has 4 heteroatoms. The molecule has 0 aromatic carbocycles. The summed E-state index contributed by atoms with van der Waals surface area (Å²) in [6, 6.07) is 0.666. The second-order valence-corrected chi connectivity index (χ2v) is 4.71. The topological polar surface area (TPSA) is 58.7 Å². The fourth-order valence-electron chi connectivity index (χ4n) is 2.46. The molecule has 1 aliphatic heterocycles. The number of likely N-dealkylation sites (N-methyl/N-ethyl adjacent to an activating group) is 1. The zero-order chi connectivity index (χ0) is 12.0. The second-order valence-electron chi connectivity index (χ2n) is 4.71. The van der Waals surface area contributed by atoms with Gasteiger partial charge in [0.1, 0.15) is 0 Å². The Balaban J connectivity index is 2.49. The number of hydrogen-bond acceptors (Lipinski definition) is 4. The molecule has 1 rings (SSSR count). The highest BCUT2D eigenvalue weighted by Gasteiger charge is 2.27. The molecule has 2 atom stereocenters. The first-order chi connectivity index (χ1) is 7.70. The van der Waals surface area contributed by atoms with E-state index in [2.05, 4.69) is 18.9 Å². The molecule has 0 radical (unpaired) electrons. The van der Waals surface area contributed by atoms with Gasteiger partial charge in [-0.15, -0.1) is 0 Å². The van der Waals surface area contributed by atoms with Crippen molar-refractivity contribution >= 4 is 0 Å². The highest BCUT2D eigenvalue weighted by molar-refractivity contribution is 4.84. The predicted octanol–water partition coefficient (Wildman–Crippen LogP) is 0.586. The van der Waals surface area contributed by atoms with Crippen LogP contribution in [0.4, 0.5) is 0 Å². The minimum atomic E-state index is 0.0721. The van der Waals surface area contributed by atoms with Crippen LogP contribution in [0.1, 0.15) is 32.6 Å². The summed E-state index contributed by atoms with van der Waals surface area (Å²) in [5, 5.41) is 9.47. The summed E-state index contributed by atoms with van der Waals surface area (Å²) in [5.41, 5.74) is 6.11. The molecule has 0 spiro atoms. The van der Waals surface area contributed by atoms with E-state index in [1.165, 1.54) is 0 Å². The normalized spacial score (nSPS) is 22.3. The van der Waals surface area contributed by atoms with Gasteiger partial charge in [0.05, 0.1) is 6.61 Å². The van der Waals surface area contributed by atoms with Crippen molar-refractivity contribution in [2.45, 2.75) is 50.7 Å². The number of hydrogen-bond donors (Lipinski definition) is 2. The second kappa shape index (κ2) is 7.22. The number of rotatable bonds is 6. The number of ether oxygens (including phenoxy) is 1. The van der Waals surface area contributed by atoms with Crippen LogP contribution in [0.2, 0.25) is 0 Å². The molecule has 0 bridgehead atoms. The standard InChI is InChI=1S/C12H26N2O2/c1-3-4-11(13)12(9-15)14(2)10-5-7-16-8-6-10/h10-12,15H,3-9,13H2,1-2H3. The van der Waals surface area contributed by atoms with Gasteiger partial charge < -0.3 is 15.6 Å². The van der Waals surface area contributed by atoms with Gasteiger partial charge in [-0.2, -0.15) is 0 Å². The summed E-state index contributed by atoms with van der Waals surface area (Å²) in [7, 11) is 2.08. The first-order valence-electron chi connectivity index (χ1n) is 6.36. The number of nitrogens with zero attached hydrogens (tertiary/aromatic N) is 1. The lowest BCUT2D eigenvalue weighted by Crippen LogP contribution is -2.53. The predicted molar refractivity (Wildman–Crippen MR) is 65.4 cm³/mol. The van der Waals surface area contributed by atoms with E-state index in [9.17, 15) is 5.11 Å². The van der Waals surface area contributed by atoms with E-state index in [0.29, 0.717) is 6.04 Å². The lowest BCUT2D eigenvalue weighted by molar-refractivity contribution is 0.0106. The van der Waals surface area contributed by atoms with Crippen LogP contribution in [0.25, 0.3) is 0 Å².